The van der Waals surface area contributed by atoms with E-state index in [1.165, 1.54) is 12.3 Å². The third-order valence-corrected chi connectivity index (χ3v) is 2.56. The average molecular weight is 303 g/mol. The molecule has 0 fully saturated rings. The number of nitrogens with zero attached hydrogens (tertiary/aromatic N) is 1. The van der Waals surface area contributed by atoms with Gasteiger partial charge in [0.2, 0.25) is 0 Å². The van der Waals surface area contributed by atoms with Crippen LogP contribution in [-0.4, -0.2) is 4.98 Å². The van der Waals surface area contributed by atoms with Crippen molar-refractivity contribution in [1.29, 1.82) is 0 Å². The summed E-state index contributed by atoms with van der Waals surface area (Å²) < 4.78 is 25.3. The van der Waals surface area contributed by atoms with Crippen LogP contribution in [0, 0.1) is 3.57 Å². The molecule has 1 nitrogen and oxygen atoms in total. The Bertz CT molecular complexity index is 280. The smallest absolute Gasteiger partial charge is 0.259 e. The maximum atomic E-state index is 12.4. The fourth-order valence-electron chi connectivity index (χ4n) is 0.827. The van der Waals surface area contributed by atoms with Crippen LogP contribution in [0.2, 0.25) is 0 Å². The predicted molar refractivity (Wildman–Crippen MR) is 51.5 cm³/mol. The number of rotatable bonds is 2. The Morgan fingerprint density at radius 2 is 2.25 bits per heavy atom. The molecule has 1 heterocycles. The van der Waals surface area contributed by atoms with Crippen molar-refractivity contribution in [3.8, 4) is 0 Å². The molecular formula is C7H5ClF2IN. The first-order chi connectivity index (χ1) is 5.66. The molecule has 0 bridgehead atoms. The van der Waals surface area contributed by atoms with Crippen molar-refractivity contribution in [2.75, 3.05) is 0 Å². The first kappa shape index (κ1) is 10.1. The molecule has 0 amide bonds. The van der Waals surface area contributed by atoms with E-state index in [2.05, 4.69) is 4.98 Å². The first-order valence-electron chi connectivity index (χ1n) is 3.14. The lowest BCUT2D eigenvalue weighted by atomic mass is 10.2. The minimum absolute atomic E-state index is 0.0243. The van der Waals surface area contributed by atoms with Crippen molar-refractivity contribution >= 4 is 34.2 Å². The Balaban J connectivity index is 3.20. The molecule has 1 aromatic heterocycles. The second kappa shape index (κ2) is 4.32. The van der Waals surface area contributed by atoms with E-state index in [1.54, 1.807) is 0 Å². The van der Waals surface area contributed by atoms with E-state index >= 15 is 0 Å². The van der Waals surface area contributed by atoms with Crippen LogP contribution in [0.4, 0.5) is 8.78 Å². The Labute approximate surface area is 87.3 Å². The van der Waals surface area contributed by atoms with Gasteiger partial charge in [0.15, 0.2) is 0 Å². The fraction of sp³-hybridized carbons (Fsp3) is 0.286. The van der Waals surface area contributed by atoms with Crippen molar-refractivity contribution in [2.24, 2.45) is 0 Å². The highest BCUT2D eigenvalue weighted by molar-refractivity contribution is 14.1. The second-order valence-corrected chi connectivity index (χ2v) is 3.52. The summed E-state index contributed by atoms with van der Waals surface area (Å²) in [5.74, 6) is 0.0243. The van der Waals surface area contributed by atoms with E-state index in [-0.39, 0.29) is 17.1 Å². The first-order valence-corrected chi connectivity index (χ1v) is 4.75. The highest BCUT2D eigenvalue weighted by Crippen LogP contribution is 2.27. The van der Waals surface area contributed by atoms with Crippen molar-refractivity contribution < 1.29 is 8.78 Å². The number of hydrogen-bond donors (Lipinski definition) is 0. The van der Waals surface area contributed by atoms with Gasteiger partial charge < -0.3 is 0 Å². The average Bonchev–Trinajstić information content (AvgIpc) is 2.03. The Kier molecular flexibility index (Phi) is 3.64. The van der Waals surface area contributed by atoms with Crippen molar-refractivity contribution in [2.45, 2.75) is 12.3 Å². The van der Waals surface area contributed by atoms with Gasteiger partial charge in [-0.3, -0.25) is 4.98 Å². The molecular weight excluding hydrogens is 298 g/mol. The molecule has 0 N–H and O–H groups in total. The molecule has 1 rings (SSSR count). The standard InChI is InChI=1S/C7H5ClF2IN/c8-3-5-6(7(9)10)4(11)1-2-12-5/h1-2,7H,3H2. The van der Waals surface area contributed by atoms with Crippen LogP contribution in [0.5, 0.6) is 0 Å². The molecule has 0 radical (unpaired) electrons. The van der Waals surface area contributed by atoms with Gasteiger partial charge >= 0.3 is 0 Å². The van der Waals surface area contributed by atoms with Gasteiger partial charge in [-0.25, -0.2) is 8.78 Å². The summed E-state index contributed by atoms with van der Waals surface area (Å²) in [6.45, 7) is 0. The molecule has 12 heavy (non-hydrogen) atoms. The highest BCUT2D eigenvalue weighted by Gasteiger charge is 2.16. The van der Waals surface area contributed by atoms with Crippen LogP contribution >= 0.6 is 34.2 Å². The maximum Gasteiger partial charge on any atom is 0.266 e. The summed E-state index contributed by atoms with van der Waals surface area (Å²) >= 11 is 7.29. The summed E-state index contributed by atoms with van der Waals surface area (Å²) in [6.07, 6.45) is -1.02. The topological polar surface area (TPSA) is 12.9 Å². The van der Waals surface area contributed by atoms with Gasteiger partial charge in [0.05, 0.1) is 17.1 Å². The molecule has 66 valence electrons. The molecule has 0 aliphatic heterocycles. The summed E-state index contributed by atoms with van der Waals surface area (Å²) in [5.41, 5.74) is 0.215. The molecule has 0 aromatic carbocycles. The van der Waals surface area contributed by atoms with Gasteiger partial charge in [0, 0.05) is 9.77 Å². The number of aromatic nitrogens is 1. The van der Waals surface area contributed by atoms with E-state index in [1.807, 2.05) is 22.6 Å². The largest absolute Gasteiger partial charge is 0.266 e. The third-order valence-electron chi connectivity index (χ3n) is 1.36. The van der Waals surface area contributed by atoms with Crippen LogP contribution in [0.3, 0.4) is 0 Å². The molecule has 0 saturated carbocycles. The van der Waals surface area contributed by atoms with Gasteiger partial charge in [0.1, 0.15) is 0 Å². The van der Waals surface area contributed by atoms with Crippen LogP contribution in [-0.2, 0) is 5.88 Å². The van der Waals surface area contributed by atoms with Crippen molar-refractivity contribution in [1.82, 2.24) is 4.98 Å². The lowest BCUT2D eigenvalue weighted by molar-refractivity contribution is 0.149. The molecule has 5 heteroatoms. The van der Waals surface area contributed by atoms with E-state index in [0.717, 1.165) is 0 Å². The SMILES string of the molecule is FC(F)c1c(I)ccnc1CCl. The van der Waals surface area contributed by atoms with Gasteiger partial charge in [-0.2, -0.15) is 0 Å². The van der Waals surface area contributed by atoms with Gasteiger partial charge in [0.25, 0.3) is 6.43 Å². The Morgan fingerprint density at radius 3 is 2.67 bits per heavy atom. The fourth-order valence-corrected chi connectivity index (χ4v) is 1.75. The zero-order valence-corrected chi connectivity index (χ0v) is 8.81. The minimum Gasteiger partial charge on any atom is -0.259 e. The van der Waals surface area contributed by atoms with Crippen LogP contribution in [0.1, 0.15) is 17.7 Å². The Morgan fingerprint density at radius 1 is 1.58 bits per heavy atom. The highest BCUT2D eigenvalue weighted by atomic mass is 127. The number of hydrogen-bond acceptors (Lipinski definition) is 1. The van der Waals surface area contributed by atoms with E-state index < -0.39 is 6.43 Å². The van der Waals surface area contributed by atoms with Crippen LogP contribution in [0.15, 0.2) is 12.3 Å². The summed E-state index contributed by atoms with van der Waals surface area (Å²) in [7, 11) is 0. The molecule has 0 saturated heterocycles. The molecule has 0 unspecified atom stereocenters. The lowest BCUT2D eigenvalue weighted by Crippen LogP contribution is -1.98. The van der Waals surface area contributed by atoms with Crippen molar-refractivity contribution in [3.63, 3.8) is 0 Å². The quantitative estimate of drug-likeness (QED) is 0.603. The van der Waals surface area contributed by atoms with Crippen LogP contribution in [0.25, 0.3) is 0 Å². The van der Waals surface area contributed by atoms with E-state index in [9.17, 15) is 8.78 Å². The number of pyridine rings is 1. The molecule has 0 spiro atoms. The molecule has 0 aliphatic carbocycles. The van der Waals surface area contributed by atoms with E-state index in [4.69, 9.17) is 11.6 Å². The zero-order chi connectivity index (χ0) is 9.14. The summed E-state index contributed by atoms with van der Waals surface area (Å²) in [4.78, 5) is 3.76. The summed E-state index contributed by atoms with van der Waals surface area (Å²) in [5, 5.41) is 0. The van der Waals surface area contributed by atoms with Gasteiger partial charge in [-0.15, -0.1) is 11.6 Å². The maximum absolute atomic E-state index is 12.4. The predicted octanol–water partition coefficient (Wildman–Crippen LogP) is 3.36. The molecule has 1 aromatic rings. The monoisotopic (exact) mass is 303 g/mol. The van der Waals surface area contributed by atoms with Gasteiger partial charge in [-0.1, -0.05) is 0 Å². The van der Waals surface area contributed by atoms with Crippen molar-refractivity contribution in [3.05, 3.63) is 27.1 Å². The van der Waals surface area contributed by atoms with Gasteiger partial charge in [-0.05, 0) is 28.7 Å². The normalized spacial score (nSPS) is 10.8. The molecule has 0 aliphatic rings. The number of halogens is 4. The van der Waals surface area contributed by atoms with Crippen LogP contribution < -0.4 is 0 Å². The molecule has 0 atom stereocenters. The second-order valence-electron chi connectivity index (χ2n) is 2.09. The van der Waals surface area contributed by atoms with E-state index in [0.29, 0.717) is 3.57 Å². The Hall–Kier alpha value is 0.0300. The summed E-state index contributed by atoms with van der Waals surface area (Å²) in [6, 6.07) is 1.54. The third kappa shape index (κ3) is 2.04. The minimum atomic E-state index is -2.50. The number of alkyl halides is 3. The lowest BCUT2D eigenvalue weighted by Gasteiger charge is -2.06. The zero-order valence-electron chi connectivity index (χ0n) is 5.90.